The van der Waals surface area contributed by atoms with Crippen LogP contribution in [0.1, 0.15) is 59.9 Å². The summed E-state index contributed by atoms with van der Waals surface area (Å²) in [5.41, 5.74) is 5.43. The number of aromatic amines is 1. The van der Waals surface area contributed by atoms with Crippen LogP contribution in [0, 0.1) is 12.3 Å². The highest BCUT2D eigenvalue weighted by Gasteiger charge is 2.19. The Morgan fingerprint density at radius 1 is 1.15 bits per heavy atom. The van der Waals surface area contributed by atoms with Gasteiger partial charge in [-0.25, -0.2) is 4.98 Å². The lowest BCUT2D eigenvalue weighted by Crippen LogP contribution is -2.44. The van der Waals surface area contributed by atoms with E-state index < -0.39 is 0 Å². The van der Waals surface area contributed by atoms with Crippen LogP contribution < -0.4 is 21.1 Å². The first kappa shape index (κ1) is 29.0. The first-order valence-corrected chi connectivity index (χ1v) is 14.0. The fraction of sp³-hybridized carbons (Fsp3) is 0.419. The summed E-state index contributed by atoms with van der Waals surface area (Å²) >= 11 is 0. The lowest BCUT2D eigenvalue weighted by Gasteiger charge is -2.33. The molecule has 9 nitrogen and oxygen atoms in total. The Morgan fingerprint density at radius 2 is 1.90 bits per heavy atom. The first-order valence-electron chi connectivity index (χ1n) is 14.0. The van der Waals surface area contributed by atoms with Gasteiger partial charge in [0.2, 0.25) is 0 Å². The molecule has 1 amide bonds. The van der Waals surface area contributed by atoms with Crippen molar-refractivity contribution < 1.29 is 4.79 Å². The van der Waals surface area contributed by atoms with Crippen LogP contribution in [0.4, 0.5) is 11.5 Å². The molecule has 1 aliphatic rings. The average molecular weight is 544 g/mol. The summed E-state index contributed by atoms with van der Waals surface area (Å²) in [6.07, 6.45) is 4.71. The van der Waals surface area contributed by atoms with Crippen molar-refractivity contribution in [2.45, 2.75) is 53.1 Å². The molecule has 1 aromatic carbocycles. The maximum Gasteiger partial charge on any atom is 0.253 e. The third-order valence-electron chi connectivity index (χ3n) is 7.23. The van der Waals surface area contributed by atoms with Crippen molar-refractivity contribution in [1.82, 2.24) is 20.2 Å². The van der Waals surface area contributed by atoms with E-state index in [1.54, 1.807) is 6.07 Å². The predicted octanol–water partition coefficient (Wildman–Crippen LogP) is 4.20. The number of aryl methyl sites for hydroxylation is 2. The number of hydrogen-bond acceptors (Lipinski definition) is 7. The van der Waals surface area contributed by atoms with Crippen LogP contribution >= 0.6 is 0 Å². The fourth-order valence-electron chi connectivity index (χ4n) is 5.11. The van der Waals surface area contributed by atoms with Crippen LogP contribution in [0.15, 0.2) is 41.3 Å². The number of piperazine rings is 1. The number of hydrogen-bond donors (Lipinski definition) is 4. The van der Waals surface area contributed by atoms with Gasteiger partial charge in [-0.05, 0) is 75.7 Å². The summed E-state index contributed by atoms with van der Waals surface area (Å²) in [7, 11) is 2.13. The van der Waals surface area contributed by atoms with Gasteiger partial charge in [0.05, 0.1) is 5.56 Å². The molecule has 0 bridgehead atoms. The SMILES string of the molecule is CCCc1cc(C)[nH]c(=O)c1CNC(=O)c1cc(-c2ccc(N3CCN(C)CC3)nc2)cc(NC(C)C)c1C=N. The molecule has 0 unspecified atom stereocenters. The molecule has 0 aliphatic carbocycles. The number of rotatable bonds is 10. The third-order valence-corrected chi connectivity index (χ3v) is 7.23. The molecule has 4 rings (SSSR count). The van der Waals surface area contributed by atoms with Crippen molar-refractivity contribution >= 4 is 23.6 Å². The molecule has 4 N–H and O–H groups in total. The number of carbonyl (C=O) groups excluding carboxylic acids is 1. The fourth-order valence-corrected chi connectivity index (χ4v) is 5.11. The smallest absolute Gasteiger partial charge is 0.253 e. The summed E-state index contributed by atoms with van der Waals surface area (Å²) in [5, 5.41) is 14.5. The quantitative estimate of drug-likeness (QED) is 0.285. The number of nitrogens with zero attached hydrogens (tertiary/aromatic N) is 3. The second kappa shape index (κ2) is 12.9. The van der Waals surface area contributed by atoms with Crippen LogP contribution in [0.25, 0.3) is 11.1 Å². The summed E-state index contributed by atoms with van der Waals surface area (Å²) in [5.74, 6) is 0.606. The van der Waals surface area contributed by atoms with Gasteiger partial charge in [0.1, 0.15) is 5.82 Å². The standard InChI is InChI=1S/C31H41N7O2/c1-6-7-22-14-21(4)36-31(40)27(22)19-34-30(39)25-15-24(16-28(26(25)17-32)35-20(2)3)23-8-9-29(33-18-23)38-12-10-37(5)11-13-38/h8-9,14-18,20,32,35H,6-7,10-13,19H2,1-5H3,(H,34,39)(H,36,40). The van der Waals surface area contributed by atoms with E-state index in [4.69, 9.17) is 10.4 Å². The molecule has 0 spiro atoms. The molecule has 0 saturated carbocycles. The van der Waals surface area contributed by atoms with Crippen molar-refractivity contribution in [3.05, 3.63) is 74.8 Å². The summed E-state index contributed by atoms with van der Waals surface area (Å²) < 4.78 is 0. The van der Waals surface area contributed by atoms with E-state index in [1.165, 1.54) is 6.21 Å². The van der Waals surface area contributed by atoms with Crippen molar-refractivity contribution in [2.24, 2.45) is 0 Å². The summed E-state index contributed by atoms with van der Waals surface area (Å²) in [6.45, 7) is 12.0. The number of nitrogens with one attached hydrogen (secondary N) is 4. The van der Waals surface area contributed by atoms with E-state index in [1.807, 2.05) is 51.2 Å². The van der Waals surface area contributed by atoms with Gasteiger partial charge in [-0.15, -0.1) is 0 Å². The van der Waals surface area contributed by atoms with Crippen LogP contribution in [0.2, 0.25) is 0 Å². The minimum atomic E-state index is -0.336. The number of likely N-dealkylation sites (N-methyl/N-ethyl adjacent to an activating group) is 1. The number of aromatic nitrogens is 2. The maximum atomic E-state index is 13.6. The molecule has 212 valence electrons. The number of pyridine rings is 2. The van der Waals surface area contributed by atoms with Crippen molar-refractivity contribution in [3.8, 4) is 11.1 Å². The Morgan fingerprint density at radius 3 is 2.52 bits per heavy atom. The molecule has 1 aliphatic heterocycles. The average Bonchev–Trinajstić information content (AvgIpc) is 2.92. The number of anilines is 2. The minimum Gasteiger partial charge on any atom is -0.382 e. The topological polar surface area (TPSA) is 117 Å². The Kier molecular flexibility index (Phi) is 9.37. The Hall–Kier alpha value is -3.98. The largest absolute Gasteiger partial charge is 0.382 e. The van der Waals surface area contributed by atoms with Crippen molar-refractivity contribution in [1.29, 1.82) is 5.41 Å². The highest BCUT2D eigenvalue weighted by atomic mass is 16.1. The monoisotopic (exact) mass is 543 g/mol. The van der Waals surface area contributed by atoms with Crippen LogP contribution in [-0.4, -0.2) is 66.3 Å². The van der Waals surface area contributed by atoms with Gasteiger partial charge >= 0.3 is 0 Å². The highest BCUT2D eigenvalue weighted by molar-refractivity contribution is 6.06. The molecule has 1 fully saturated rings. The number of benzene rings is 1. The van der Waals surface area contributed by atoms with E-state index in [2.05, 4.69) is 39.4 Å². The Bertz CT molecular complexity index is 1400. The molecule has 3 aromatic rings. The van der Waals surface area contributed by atoms with Gasteiger partial charge in [0, 0.05) is 79.2 Å². The number of carbonyl (C=O) groups is 1. The lowest BCUT2D eigenvalue weighted by atomic mass is 9.97. The molecule has 40 heavy (non-hydrogen) atoms. The number of amides is 1. The van der Waals surface area contributed by atoms with Crippen molar-refractivity contribution in [2.75, 3.05) is 43.4 Å². The Balaban J connectivity index is 1.65. The molecular weight excluding hydrogens is 502 g/mol. The van der Waals surface area contributed by atoms with Crippen LogP contribution in [0.5, 0.6) is 0 Å². The predicted molar refractivity (Wildman–Crippen MR) is 163 cm³/mol. The van der Waals surface area contributed by atoms with Gasteiger partial charge in [-0.3, -0.25) is 9.59 Å². The third kappa shape index (κ3) is 6.77. The van der Waals surface area contributed by atoms with Crippen molar-refractivity contribution in [3.63, 3.8) is 0 Å². The van der Waals surface area contributed by atoms with Gasteiger partial charge in [-0.2, -0.15) is 0 Å². The zero-order chi connectivity index (χ0) is 28.8. The number of H-pyrrole nitrogens is 1. The summed E-state index contributed by atoms with van der Waals surface area (Å²) in [6, 6.07) is 9.90. The molecule has 0 radical (unpaired) electrons. The van der Waals surface area contributed by atoms with E-state index in [-0.39, 0.29) is 24.1 Å². The van der Waals surface area contributed by atoms with E-state index in [0.29, 0.717) is 22.4 Å². The normalized spacial score (nSPS) is 13.9. The Labute approximate surface area is 236 Å². The second-order valence-electron chi connectivity index (χ2n) is 10.8. The molecule has 2 aromatic heterocycles. The van der Waals surface area contributed by atoms with Gasteiger partial charge < -0.3 is 30.8 Å². The van der Waals surface area contributed by atoms with E-state index in [0.717, 1.165) is 67.2 Å². The van der Waals surface area contributed by atoms with Gasteiger partial charge in [0.15, 0.2) is 0 Å². The first-order chi connectivity index (χ1) is 19.2. The highest BCUT2D eigenvalue weighted by Crippen LogP contribution is 2.30. The maximum absolute atomic E-state index is 13.6. The second-order valence-corrected chi connectivity index (χ2v) is 10.8. The van der Waals surface area contributed by atoms with Gasteiger partial charge in [0.25, 0.3) is 11.5 Å². The van der Waals surface area contributed by atoms with Crippen LogP contribution in [0.3, 0.4) is 0 Å². The zero-order valence-electron chi connectivity index (χ0n) is 24.2. The molecule has 3 heterocycles. The lowest BCUT2D eigenvalue weighted by molar-refractivity contribution is 0.0950. The van der Waals surface area contributed by atoms with Crippen LogP contribution in [-0.2, 0) is 13.0 Å². The minimum absolute atomic E-state index is 0.102. The molecular formula is C31H41N7O2. The molecule has 9 heteroatoms. The van der Waals surface area contributed by atoms with E-state index in [9.17, 15) is 9.59 Å². The molecule has 1 saturated heterocycles. The van der Waals surface area contributed by atoms with E-state index >= 15 is 0 Å². The van der Waals surface area contributed by atoms with Gasteiger partial charge in [-0.1, -0.05) is 13.3 Å². The zero-order valence-corrected chi connectivity index (χ0v) is 24.2. The summed E-state index contributed by atoms with van der Waals surface area (Å²) in [4.78, 5) is 38.5. The molecule has 0 atom stereocenters.